The number of para-hydroxylation sites is 1. The molecule has 4 rings (SSSR count). The first kappa shape index (κ1) is 11.6. The molecule has 2 heterocycles. The maximum atomic E-state index is 6.17. The van der Waals surface area contributed by atoms with Gasteiger partial charge in [-0.2, -0.15) is 0 Å². The van der Waals surface area contributed by atoms with Crippen LogP contribution >= 0.6 is 0 Å². The van der Waals surface area contributed by atoms with Gasteiger partial charge < -0.3 is 9.47 Å². The highest BCUT2D eigenvalue weighted by Crippen LogP contribution is 2.35. The van der Waals surface area contributed by atoms with E-state index < -0.39 is 0 Å². The van der Waals surface area contributed by atoms with Gasteiger partial charge in [-0.15, -0.1) is 0 Å². The molecule has 0 fully saturated rings. The molecule has 0 saturated heterocycles. The van der Waals surface area contributed by atoms with E-state index in [1.807, 2.05) is 12.1 Å². The molecule has 1 aromatic rings. The van der Waals surface area contributed by atoms with Crippen LogP contribution in [-0.2, 0) is 11.2 Å². The van der Waals surface area contributed by atoms with Gasteiger partial charge in [-0.25, -0.2) is 0 Å². The maximum absolute atomic E-state index is 6.17. The summed E-state index contributed by atoms with van der Waals surface area (Å²) in [4.78, 5) is 0. The van der Waals surface area contributed by atoms with Crippen molar-refractivity contribution in [2.24, 2.45) is 0 Å². The quantitative estimate of drug-likeness (QED) is 0.761. The van der Waals surface area contributed by atoms with Crippen LogP contribution in [0.5, 0.6) is 5.75 Å². The van der Waals surface area contributed by atoms with E-state index in [0.29, 0.717) is 0 Å². The first-order chi connectivity index (χ1) is 9.90. The van der Waals surface area contributed by atoms with Crippen molar-refractivity contribution in [3.05, 3.63) is 77.3 Å². The Labute approximate surface area is 118 Å². The molecule has 1 atom stereocenters. The predicted octanol–water partition coefficient (Wildman–Crippen LogP) is 4.06. The second-order valence-corrected chi connectivity index (χ2v) is 5.34. The zero-order valence-corrected chi connectivity index (χ0v) is 11.2. The van der Waals surface area contributed by atoms with Crippen LogP contribution in [0.1, 0.15) is 18.4 Å². The number of fused-ring (bicyclic) bond motifs is 2. The van der Waals surface area contributed by atoms with Crippen LogP contribution < -0.4 is 4.74 Å². The van der Waals surface area contributed by atoms with E-state index in [2.05, 4.69) is 36.4 Å². The summed E-state index contributed by atoms with van der Waals surface area (Å²) in [5.41, 5.74) is 3.90. The largest absolute Gasteiger partial charge is 0.486 e. The molecule has 1 unspecified atom stereocenters. The minimum Gasteiger partial charge on any atom is -0.486 e. The number of ether oxygens (including phenoxy) is 2. The lowest BCUT2D eigenvalue weighted by Crippen LogP contribution is -2.26. The monoisotopic (exact) mass is 264 g/mol. The third kappa shape index (κ3) is 1.97. The Morgan fingerprint density at radius 3 is 3.00 bits per heavy atom. The van der Waals surface area contributed by atoms with Crippen LogP contribution in [0, 0.1) is 0 Å². The van der Waals surface area contributed by atoms with Crippen LogP contribution in [0.15, 0.2) is 71.7 Å². The Balaban J connectivity index is 1.58. The molecule has 100 valence electrons. The Morgan fingerprint density at radius 1 is 1.05 bits per heavy atom. The van der Waals surface area contributed by atoms with Crippen LogP contribution in [-0.4, -0.2) is 6.10 Å². The van der Waals surface area contributed by atoms with Gasteiger partial charge in [0.2, 0.25) is 0 Å². The number of hydrogen-bond acceptors (Lipinski definition) is 2. The van der Waals surface area contributed by atoms with Crippen LogP contribution in [0.25, 0.3) is 0 Å². The Kier molecular flexibility index (Phi) is 2.73. The first-order valence-corrected chi connectivity index (χ1v) is 7.08. The normalized spacial score (nSPS) is 23.4. The van der Waals surface area contributed by atoms with Crippen LogP contribution in [0.3, 0.4) is 0 Å². The minimum absolute atomic E-state index is 0.189. The summed E-state index contributed by atoms with van der Waals surface area (Å²) in [6.45, 7) is 0. The van der Waals surface area contributed by atoms with Crippen LogP contribution in [0.2, 0.25) is 0 Å². The van der Waals surface area contributed by atoms with E-state index in [0.717, 1.165) is 30.8 Å². The summed E-state index contributed by atoms with van der Waals surface area (Å²) in [5.74, 6) is 2.00. The summed E-state index contributed by atoms with van der Waals surface area (Å²) in [6, 6.07) is 8.34. The fourth-order valence-corrected chi connectivity index (χ4v) is 2.99. The van der Waals surface area contributed by atoms with E-state index >= 15 is 0 Å². The zero-order chi connectivity index (χ0) is 13.4. The van der Waals surface area contributed by atoms with Gasteiger partial charge in [0, 0.05) is 6.42 Å². The van der Waals surface area contributed by atoms with E-state index in [1.54, 1.807) is 6.26 Å². The van der Waals surface area contributed by atoms with Crippen molar-refractivity contribution < 1.29 is 9.47 Å². The molecule has 0 N–H and O–H groups in total. The number of allylic oxidation sites excluding steroid dienone is 5. The smallest absolute Gasteiger partial charge is 0.130 e. The number of aryl methyl sites for hydroxylation is 1. The molecule has 2 nitrogen and oxygen atoms in total. The molecule has 20 heavy (non-hydrogen) atoms. The number of benzene rings is 1. The molecule has 0 saturated carbocycles. The highest BCUT2D eigenvalue weighted by atomic mass is 16.5. The van der Waals surface area contributed by atoms with E-state index in [1.165, 1.54) is 16.7 Å². The van der Waals surface area contributed by atoms with Gasteiger partial charge in [0.15, 0.2) is 0 Å². The van der Waals surface area contributed by atoms with Crippen molar-refractivity contribution in [3.63, 3.8) is 0 Å². The Hall–Kier alpha value is -2.22. The molecule has 0 amide bonds. The molecule has 2 aliphatic heterocycles. The van der Waals surface area contributed by atoms with Crippen LogP contribution in [0.4, 0.5) is 0 Å². The van der Waals surface area contributed by atoms with Crippen molar-refractivity contribution in [2.75, 3.05) is 0 Å². The first-order valence-electron chi connectivity index (χ1n) is 7.08. The molecular formula is C18H16O2. The molecule has 0 radical (unpaired) electrons. The maximum Gasteiger partial charge on any atom is 0.130 e. The Bertz CT molecular complexity index is 662. The SMILES string of the molecule is C1=COC2=CC=C(C3CCc4ccccc4O3)CC2=C1. The van der Waals surface area contributed by atoms with Crippen molar-refractivity contribution in [1.29, 1.82) is 0 Å². The molecule has 0 spiro atoms. The molecule has 3 aliphatic rings. The lowest BCUT2D eigenvalue weighted by atomic mass is 9.89. The fraction of sp³-hybridized carbons (Fsp3) is 0.222. The summed E-state index contributed by atoms with van der Waals surface area (Å²) in [6.07, 6.45) is 13.3. The summed E-state index contributed by atoms with van der Waals surface area (Å²) >= 11 is 0. The number of rotatable bonds is 1. The van der Waals surface area contributed by atoms with Gasteiger partial charge in [-0.3, -0.25) is 0 Å². The molecular weight excluding hydrogens is 248 g/mol. The summed E-state index contributed by atoms with van der Waals surface area (Å²) in [5, 5.41) is 0. The topological polar surface area (TPSA) is 18.5 Å². The van der Waals surface area contributed by atoms with Crippen molar-refractivity contribution in [1.82, 2.24) is 0 Å². The summed E-state index contributed by atoms with van der Waals surface area (Å²) in [7, 11) is 0. The third-order valence-corrected chi connectivity index (χ3v) is 4.06. The standard InChI is InChI=1S/C18H16O2/c1-2-6-17-13(4-1)7-10-18(20-17)15-8-9-16-14(12-15)5-3-11-19-16/h1-6,8-9,11,18H,7,10,12H2. The third-order valence-electron chi connectivity index (χ3n) is 4.06. The lowest BCUT2D eigenvalue weighted by Gasteiger charge is -2.30. The van der Waals surface area contributed by atoms with Gasteiger partial charge in [-0.05, 0) is 47.8 Å². The zero-order valence-electron chi connectivity index (χ0n) is 11.2. The molecule has 1 aliphatic carbocycles. The highest BCUT2D eigenvalue weighted by Gasteiger charge is 2.26. The Morgan fingerprint density at radius 2 is 2.00 bits per heavy atom. The fourth-order valence-electron chi connectivity index (χ4n) is 2.99. The van der Waals surface area contributed by atoms with E-state index in [9.17, 15) is 0 Å². The van der Waals surface area contributed by atoms with Crippen molar-refractivity contribution in [3.8, 4) is 5.75 Å². The second-order valence-electron chi connectivity index (χ2n) is 5.34. The predicted molar refractivity (Wildman–Crippen MR) is 78.3 cm³/mol. The molecule has 1 aromatic carbocycles. The molecule has 0 aromatic heterocycles. The molecule has 2 heteroatoms. The van der Waals surface area contributed by atoms with Gasteiger partial charge in [-0.1, -0.05) is 30.4 Å². The highest BCUT2D eigenvalue weighted by molar-refractivity contribution is 5.45. The second kappa shape index (κ2) is 4.71. The van der Waals surface area contributed by atoms with Gasteiger partial charge in [0.05, 0.1) is 6.26 Å². The van der Waals surface area contributed by atoms with Crippen molar-refractivity contribution in [2.45, 2.75) is 25.4 Å². The van der Waals surface area contributed by atoms with Gasteiger partial charge in [0.25, 0.3) is 0 Å². The average molecular weight is 264 g/mol. The van der Waals surface area contributed by atoms with E-state index in [-0.39, 0.29) is 6.10 Å². The average Bonchev–Trinajstić information content (AvgIpc) is 2.54. The van der Waals surface area contributed by atoms with Gasteiger partial charge in [0.1, 0.15) is 17.6 Å². The lowest BCUT2D eigenvalue weighted by molar-refractivity contribution is 0.203. The van der Waals surface area contributed by atoms with E-state index in [4.69, 9.17) is 9.47 Å². The summed E-state index contributed by atoms with van der Waals surface area (Å²) < 4.78 is 11.7. The molecule has 0 bridgehead atoms. The van der Waals surface area contributed by atoms with Crippen molar-refractivity contribution >= 4 is 0 Å². The number of hydrogen-bond donors (Lipinski definition) is 0. The minimum atomic E-state index is 0.189. The van der Waals surface area contributed by atoms with Gasteiger partial charge >= 0.3 is 0 Å².